The van der Waals surface area contributed by atoms with E-state index in [2.05, 4.69) is 10.6 Å². The quantitative estimate of drug-likeness (QED) is 0.724. The summed E-state index contributed by atoms with van der Waals surface area (Å²) in [5, 5.41) is 15.7. The van der Waals surface area contributed by atoms with Crippen molar-refractivity contribution in [3.05, 3.63) is 23.8 Å². The van der Waals surface area contributed by atoms with Crippen LogP contribution in [0.15, 0.2) is 18.2 Å². The molecule has 0 bridgehead atoms. The number of aliphatic hydroxyl groups excluding tert-OH is 1. The molecule has 122 valence electrons. The lowest BCUT2D eigenvalue weighted by atomic mass is 10.1. The molecule has 1 heterocycles. The lowest BCUT2D eigenvalue weighted by Crippen LogP contribution is -2.34. The Morgan fingerprint density at radius 3 is 2.77 bits per heavy atom. The number of aliphatic hydroxyl groups is 1. The highest BCUT2D eigenvalue weighted by Crippen LogP contribution is 2.29. The van der Waals surface area contributed by atoms with E-state index in [4.69, 9.17) is 9.47 Å². The van der Waals surface area contributed by atoms with E-state index in [1.54, 1.807) is 25.3 Å². The Balaban J connectivity index is 2.00. The summed E-state index contributed by atoms with van der Waals surface area (Å²) in [6.07, 6.45) is -0.374. The highest BCUT2D eigenvalue weighted by atomic mass is 16.5. The molecule has 1 aromatic carbocycles. The molecule has 2 unspecified atom stereocenters. The summed E-state index contributed by atoms with van der Waals surface area (Å²) in [5.41, 5.74) is 0.508. The summed E-state index contributed by atoms with van der Waals surface area (Å²) in [7, 11) is 1.55. The minimum Gasteiger partial charge on any atom is -0.493 e. The standard InChI is InChI=1S/C16H24N2O4/c1-10(2)22-14-5-4-11(6-15(14)21-3)16(20)18-8-12-7-17-9-13(12)19/h4-6,10,12-13,17,19H,7-9H2,1-3H3,(H,18,20). The molecular formula is C16H24N2O4. The van der Waals surface area contributed by atoms with Gasteiger partial charge in [-0.1, -0.05) is 0 Å². The van der Waals surface area contributed by atoms with E-state index in [-0.39, 0.29) is 17.9 Å². The molecule has 1 amide bonds. The number of β-amino-alcohol motifs (C(OH)–C–C–N with tert-alkyl or cyclic N) is 1. The number of ether oxygens (including phenoxy) is 2. The fraction of sp³-hybridized carbons (Fsp3) is 0.562. The first-order chi connectivity index (χ1) is 10.5. The normalized spacial score (nSPS) is 21.0. The third kappa shape index (κ3) is 4.11. The summed E-state index contributed by atoms with van der Waals surface area (Å²) in [6.45, 7) is 5.60. The van der Waals surface area contributed by atoms with Crippen molar-refractivity contribution in [1.82, 2.24) is 10.6 Å². The Hall–Kier alpha value is -1.79. The van der Waals surface area contributed by atoms with Crippen LogP contribution in [0.3, 0.4) is 0 Å². The van der Waals surface area contributed by atoms with Crippen molar-refractivity contribution in [2.24, 2.45) is 5.92 Å². The monoisotopic (exact) mass is 308 g/mol. The van der Waals surface area contributed by atoms with Crippen LogP contribution in [0, 0.1) is 5.92 Å². The van der Waals surface area contributed by atoms with Crippen molar-refractivity contribution in [3.8, 4) is 11.5 Å². The molecule has 1 saturated heterocycles. The summed E-state index contributed by atoms with van der Waals surface area (Å²) in [4.78, 5) is 12.2. The second-order valence-corrected chi connectivity index (χ2v) is 5.73. The van der Waals surface area contributed by atoms with Crippen molar-refractivity contribution >= 4 is 5.91 Å². The molecule has 2 atom stereocenters. The van der Waals surface area contributed by atoms with Crippen LogP contribution in [-0.2, 0) is 0 Å². The van der Waals surface area contributed by atoms with Crippen LogP contribution in [0.2, 0.25) is 0 Å². The summed E-state index contributed by atoms with van der Waals surface area (Å²) < 4.78 is 10.9. The molecule has 6 heteroatoms. The molecule has 1 aliphatic heterocycles. The van der Waals surface area contributed by atoms with Gasteiger partial charge in [-0.2, -0.15) is 0 Å². The maximum atomic E-state index is 12.2. The van der Waals surface area contributed by atoms with Crippen LogP contribution in [0.4, 0.5) is 0 Å². The van der Waals surface area contributed by atoms with Gasteiger partial charge in [-0.15, -0.1) is 0 Å². The summed E-state index contributed by atoms with van der Waals surface area (Å²) >= 11 is 0. The predicted molar refractivity (Wildman–Crippen MR) is 83.5 cm³/mol. The van der Waals surface area contributed by atoms with Crippen molar-refractivity contribution in [3.63, 3.8) is 0 Å². The first-order valence-corrected chi connectivity index (χ1v) is 7.53. The van der Waals surface area contributed by atoms with E-state index in [9.17, 15) is 9.90 Å². The number of carbonyl (C=O) groups excluding carboxylic acids is 1. The van der Waals surface area contributed by atoms with Gasteiger partial charge >= 0.3 is 0 Å². The van der Waals surface area contributed by atoms with Gasteiger partial charge in [0.05, 0.1) is 19.3 Å². The van der Waals surface area contributed by atoms with Crippen molar-refractivity contribution in [2.75, 3.05) is 26.7 Å². The number of methoxy groups -OCH3 is 1. The lowest BCUT2D eigenvalue weighted by molar-refractivity contribution is 0.0926. The second kappa shape index (κ2) is 7.47. The largest absolute Gasteiger partial charge is 0.493 e. The zero-order valence-electron chi connectivity index (χ0n) is 13.3. The van der Waals surface area contributed by atoms with Crippen molar-refractivity contribution in [2.45, 2.75) is 26.1 Å². The first-order valence-electron chi connectivity index (χ1n) is 7.53. The zero-order valence-corrected chi connectivity index (χ0v) is 13.3. The van der Waals surface area contributed by atoms with Gasteiger partial charge < -0.3 is 25.2 Å². The SMILES string of the molecule is COc1cc(C(=O)NCC2CNCC2O)ccc1OC(C)C. The number of amides is 1. The number of hydrogen-bond donors (Lipinski definition) is 3. The maximum Gasteiger partial charge on any atom is 0.251 e. The molecule has 1 fully saturated rings. The van der Waals surface area contributed by atoms with E-state index in [0.717, 1.165) is 0 Å². The number of hydrogen-bond acceptors (Lipinski definition) is 5. The van der Waals surface area contributed by atoms with E-state index < -0.39 is 6.10 Å². The number of rotatable bonds is 6. The third-order valence-corrected chi connectivity index (χ3v) is 3.62. The van der Waals surface area contributed by atoms with Gasteiger partial charge in [-0.05, 0) is 32.0 Å². The molecule has 22 heavy (non-hydrogen) atoms. The molecule has 1 aromatic rings. The predicted octanol–water partition coefficient (Wildman–Crippen LogP) is 0.792. The van der Waals surface area contributed by atoms with E-state index in [1.807, 2.05) is 13.8 Å². The molecular weight excluding hydrogens is 284 g/mol. The van der Waals surface area contributed by atoms with Crippen LogP contribution >= 0.6 is 0 Å². The maximum absolute atomic E-state index is 12.2. The summed E-state index contributed by atoms with van der Waals surface area (Å²) in [5.74, 6) is 1.01. The van der Waals surface area contributed by atoms with Crippen LogP contribution in [-0.4, -0.2) is 50.0 Å². The van der Waals surface area contributed by atoms with Crippen LogP contribution in [0.1, 0.15) is 24.2 Å². The van der Waals surface area contributed by atoms with E-state index >= 15 is 0 Å². The molecule has 2 rings (SSSR count). The van der Waals surface area contributed by atoms with Gasteiger partial charge in [0.15, 0.2) is 11.5 Å². The lowest BCUT2D eigenvalue weighted by Gasteiger charge is -2.16. The highest BCUT2D eigenvalue weighted by Gasteiger charge is 2.25. The summed E-state index contributed by atoms with van der Waals surface area (Å²) in [6, 6.07) is 5.11. The molecule has 0 spiro atoms. The number of carbonyl (C=O) groups is 1. The Bertz CT molecular complexity index is 519. The topological polar surface area (TPSA) is 79.8 Å². The van der Waals surface area contributed by atoms with Crippen molar-refractivity contribution < 1.29 is 19.4 Å². The highest BCUT2D eigenvalue weighted by molar-refractivity contribution is 5.94. The van der Waals surface area contributed by atoms with Gasteiger partial charge in [0, 0.05) is 31.1 Å². The minimum absolute atomic E-state index is 0.0323. The number of benzene rings is 1. The molecule has 0 aromatic heterocycles. The Labute approximate surface area is 130 Å². The first kappa shape index (κ1) is 16.6. The van der Waals surface area contributed by atoms with Gasteiger partial charge in [-0.3, -0.25) is 4.79 Å². The molecule has 3 N–H and O–H groups in total. The molecule has 1 aliphatic rings. The fourth-order valence-corrected chi connectivity index (χ4v) is 2.41. The van der Waals surface area contributed by atoms with Gasteiger partial charge in [0.1, 0.15) is 0 Å². The second-order valence-electron chi connectivity index (χ2n) is 5.73. The minimum atomic E-state index is -0.406. The third-order valence-electron chi connectivity index (χ3n) is 3.62. The molecule has 0 radical (unpaired) electrons. The van der Waals surface area contributed by atoms with Crippen LogP contribution < -0.4 is 20.1 Å². The van der Waals surface area contributed by atoms with Gasteiger partial charge in [0.25, 0.3) is 5.91 Å². The Morgan fingerprint density at radius 2 is 2.18 bits per heavy atom. The average Bonchev–Trinajstić information content (AvgIpc) is 2.90. The smallest absolute Gasteiger partial charge is 0.251 e. The van der Waals surface area contributed by atoms with E-state index in [1.165, 1.54) is 0 Å². The average molecular weight is 308 g/mol. The van der Waals surface area contributed by atoms with E-state index in [0.29, 0.717) is 36.7 Å². The molecule has 0 aliphatic carbocycles. The fourth-order valence-electron chi connectivity index (χ4n) is 2.41. The zero-order chi connectivity index (χ0) is 16.1. The Kier molecular flexibility index (Phi) is 5.63. The Morgan fingerprint density at radius 1 is 1.41 bits per heavy atom. The molecule has 0 saturated carbocycles. The van der Waals surface area contributed by atoms with Crippen molar-refractivity contribution in [1.29, 1.82) is 0 Å². The molecule has 6 nitrogen and oxygen atoms in total. The number of nitrogens with one attached hydrogen (secondary N) is 2. The van der Waals surface area contributed by atoms with Crippen LogP contribution in [0.5, 0.6) is 11.5 Å². The van der Waals surface area contributed by atoms with Gasteiger partial charge in [0.2, 0.25) is 0 Å². The van der Waals surface area contributed by atoms with Crippen LogP contribution in [0.25, 0.3) is 0 Å². The van der Waals surface area contributed by atoms with Gasteiger partial charge in [-0.25, -0.2) is 0 Å².